The van der Waals surface area contributed by atoms with Crippen molar-refractivity contribution in [1.82, 2.24) is 19.7 Å². The second kappa shape index (κ2) is 7.94. The monoisotopic (exact) mass is 341 g/mol. The van der Waals surface area contributed by atoms with Crippen LogP contribution in [-0.2, 0) is 0 Å². The molecule has 0 bridgehead atoms. The van der Waals surface area contributed by atoms with E-state index < -0.39 is 0 Å². The molecule has 4 rings (SSSR count). The lowest BCUT2D eigenvalue weighted by Gasteiger charge is -2.14. The van der Waals surface area contributed by atoms with Gasteiger partial charge in [-0.05, 0) is 25.0 Å². The number of nitrogens with two attached hydrogens (primary N) is 1. The molecule has 0 atom stereocenters. The molecule has 132 valence electrons. The zero-order valence-electron chi connectivity index (χ0n) is 14.3. The molecule has 0 saturated heterocycles. The largest absolute Gasteiger partial charge is 0.496 e. The molecule has 0 spiro atoms. The van der Waals surface area contributed by atoms with Crippen LogP contribution in [0.15, 0.2) is 36.7 Å². The highest BCUT2D eigenvalue weighted by Gasteiger charge is 2.10. The van der Waals surface area contributed by atoms with Crippen molar-refractivity contribution in [2.75, 3.05) is 12.8 Å². The Morgan fingerprint density at radius 1 is 1.20 bits per heavy atom. The minimum Gasteiger partial charge on any atom is -0.496 e. The molecule has 0 amide bonds. The minimum absolute atomic E-state index is 0.0359. The second-order valence-corrected chi connectivity index (χ2v) is 6.01. The van der Waals surface area contributed by atoms with E-state index in [1.54, 1.807) is 30.3 Å². The number of rotatable bonds is 2. The molecule has 1 aliphatic rings. The number of nitrogen functional groups attached to an aromatic ring is 1. The molecule has 7 nitrogen and oxygen atoms in total. The number of fused-ring (bicyclic) bond motifs is 1. The van der Waals surface area contributed by atoms with Gasteiger partial charge in [-0.3, -0.25) is 0 Å². The van der Waals surface area contributed by atoms with E-state index in [0.29, 0.717) is 5.82 Å². The Morgan fingerprint density at radius 3 is 2.64 bits per heavy atom. The average molecular weight is 341 g/mol. The van der Waals surface area contributed by atoms with Crippen molar-refractivity contribution in [1.29, 1.82) is 0 Å². The maximum absolute atomic E-state index is 8.91. The molecule has 1 aromatic carbocycles. The molecule has 3 N–H and O–H groups in total. The molecule has 2 heterocycles. The smallest absolute Gasteiger partial charge is 0.221 e. The van der Waals surface area contributed by atoms with E-state index in [0.717, 1.165) is 29.5 Å². The van der Waals surface area contributed by atoms with Gasteiger partial charge in [0.25, 0.3) is 0 Å². The number of hydrogen-bond acceptors (Lipinski definition) is 6. The first-order chi connectivity index (χ1) is 12.2. The number of nitrogens with zero attached hydrogens (tertiary/aromatic N) is 4. The first-order valence-electron chi connectivity index (χ1n) is 8.46. The summed E-state index contributed by atoms with van der Waals surface area (Å²) in [5.74, 6) is 1.63. The van der Waals surface area contributed by atoms with Gasteiger partial charge in [0, 0.05) is 12.3 Å². The fourth-order valence-electron chi connectivity index (χ4n) is 2.95. The summed E-state index contributed by atoms with van der Waals surface area (Å²) >= 11 is 0. The maximum atomic E-state index is 8.91. The molecule has 1 fully saturated rings. The van der Waals surface area contributed by atoms with Crippen molar-refractivity contribution in [3.8, 4) is 11.6 Å². The normalized spacial score (nSPS) is 14.8. The van der Waals surface area contributed by atoms with Gasteiger partial charge in [0.15, 0.2) is 5.82 Å². The average Bonchev–Trinajstić information content (AvgIpc) is 3.07. The fourth-order valence-corrected chi connectivity index (χ4v) is 2.95. The molecule has 3 aromatic rings. The molecule has 0 aliphatic heterocycles. The highest BCUT2D eigenvalue weighted by molar-refractivity contribution is 5.86. The molecule has 1 saturated carbocycles. The predicted octanol–water partition coefficient (Wildman–Crippen LogP) is 2.72. The third-order valence-corrected chi connectivity index (χ3v) is 4.24. The van der Waals surface area contributed by atoms with Crippen LogP contribution in [0.2, 0.25) is 0 Å². The van der Waals surface area contributed by atoms with Crippen molar-refractivity contribution in [2.45, 2.75) is 38.2 Å². The molecule has 2 aromatic heterocycles. The van der Waals surface area contributed by atoms with Gasteiger partial charge in [-0.25, -0.2) is 9.67 Å². The second-order valence-electron chi connectivity index (χ2n) is 6.01. The quantitative estimate of drug-likeness (QED) is 0.743. The summed E-state index contributed by atoms with van der Waals surface area (Å²) in [4.78, 5) is 8.01. The maximum Gasteiger partial charge on any atom is 0.221 e. The first-order valence-corrected chi connectivity index (χ1v) is 8.46. The van der Waals surface area contributed by atoms with Gasteiger partial charge in [0.2, 0.25) is 5.95 Å². The van der Waals surface area contributed by atoms with Gasteiger partial charge in [-0.2, -0.15) is 10.1 Å². The van der Waals surface area contributed by atoms with Crippen LogP contribution in [0.1, 0.15) is 32.1 Å². The van der Waals surface area contributed by atoms with Gasteiger partial charge >= 0.3 is 0 Å². The molecule has 0 unspecified atom stereocenters. The summed E-state index contributed by atoms with van der Waals surface area (Å²) < 4.78 is 6.99. The fraction of sp³-hybridized carbons (Fsp3) is 0.389. The standard InChI is InChI=1S/C12H11N5O.C6H12O/c1-18-10-4-2-3-9-8(10)7-15-17(9)11-5-6-14-12(13)16-11;7-6-4-2-1-3-5-6/h2-7H,1H3,(H2,13,14,16);6-7H,1-5H2. The van der Waals surface area contributed by atoms with E-state index in [9.17, 15) is 0 Å². The van der Waals surface area contributed by atoms with Crippen molar-refractivity contribution < 1.29 is 9.84 Å². The van der Waals surface area contributed by atoms with E-state index in [2.05, 4.69) is 15.1 Å². The topological polar surface area (TPSA) is 99.1 Å². The number of hydrogen-bond donors (Lipinski definition) is 2. The lowest BCUT2D eigenvalue weighted by Crippen LogP contribution is -2.09. The number of ether oxygens (including phenoxy) is 1. The van der Waals surface area contributed by atoms with Crippen molar-refractivity contribution in [3.05, 3.63) is 36.7 Å². The van der Waals surface area contributed by atoms with Gasteiger partial charge in [-0.1, -0.05) is 25.3 Å². The van der Waals surface area contributed by atoms with Gasteiger partial charge in [0.1, 0.15) is 5.75 Å². The minimum atomic E-state index is 0.0359. The summed E-state index contributed by atoms with van der Waals surface area (Å²) in [6, 6.07) is 7.50. The Morgan fingerprint density at radius 2 is 2.00 bits per heavy atom. The van der Waals surface area contributed by atoms with E-state index in [4.69, 9.17) is 15.6 Å². The van der Waals surface area contributed by atoms with Gasteiger partial charge in [0.05, 0.1) is 30.3 Å². The van der Waals surface area contributed by atoms with Crippen LogP contribution in [0, 0.1) is 0 Å². The van der Waals surface area contributed by atoms with E-state index >= 15 is 0 Å². The van der Waals surface area contributed by atoms with Crippen LogP contribution < -0.4 is 10.5 Å². The van der Waals surface area contributed by atoms with E-state index in [1.165, 1.54) is 19.3 Å². The Labute approximate surface area is 146 Å². The molecular weight excluding hydrogens is 318 g/mol. The first kappa shape index (κ1) is 17.2. The van der Waals surface area contributed by atoms with Crippen molar-refractivity contribution in [3.63, 3.8) is 0 Å². The zero-order valence-corrected chi connectivity index (χ0v) is 14.3. The lowest BCUT2D eigenvalue weighted by atomic mass is 9.98. The van der Waals surface area contributed by atoms with Crippen LogP contribution in [0.5, 0.6) is 5.75 Å². The summed E-state index contributed by atoms with van der Waals surface area (Å²) in [6.07, 6.45) is 9.27. The molecule has 1 aliphatic carbocycles. The molecule has 7 heteroatoms. The van der Waals surface area contributed by atoms with Crippen molar-refractivity contribution >= 4 is 16.9 Å². The summed E-state index contributed by atoms with van der Waals surface area (Å²) in [7, 11) is 1.63. The van der Waals surface area contributed by atoms with E-state index in [-0.39, 0.29) is 12.1 Å². The van der Waals surface area contributed by atoms with E-state index in [1.807, 2.05) is 18.2 Å². The number of aromatic nitrogens is 4. The summed E-state index contributed by atoms with van der Waals surface area (Å²) in [5.41, 5.74) is 6.49. The number of anilines is 1. The highest BCUT2D eigenvalue weighted by atomic mass is 16.5. The molecular formula is C18H23N5O2. The van der Waals surface area contributed by atoms with Crippen LogP contribution in [0.4, 0.5) is 5.95 Å². The van der Waals surface area contributed by atoms with Crippen LogP contribution in [0.25, 0.3) is 16.7 Å². The SMILES string of the molecule is COc1cccc2c1cnn2-c1ccnc(N)n1.OC1CCCCC1. The Hall–Kier alpha value is -2.67. The Kier molecular flexibility index (Phi) is 5.45. The summed E-state index contributed by atoms with van der Waals surface area (Å²) in [5, 5.41) is 14.1. The molecule has 0 radical (unpaired) electrons. The number of aliphatic hydroxyl groups is 1. The third kappa shape index (κ3) is 4.06. The highest BCUT2D eigenvalue weighted by Crippen LogP contribution is 2.26. The van der Waals surface area contributed by atoms with Crippen LogP contribution >= 0.6 is 0 Å². The molecule has 25 heavy (non-hydrogen) atoms. The number of aliphatic hydroxyl groups excluding tert-OH is 1. The Balaban J connectivity index is 0.000000219. The third-order valence-electron chi connectivity index (χ3n) is 4.24. The number of methoxy groups -OCH3 is 1. The van der Waals surface area contributed by atoms with Crippen LogP contribution in [-0.4, -0.2) is 38.1 Å². The van der Waals surface area contributed by atoms with Crippen LogP contribution in [0.3, 0.4) is 0 Å². The summed E-state index contributed by atoms with van der Waals surface area (Å²) in [6.45, 7) is 0. The Bertz CT molecular complexity index is 827. The number of benzene rings is 1. The predicted molar refractivity (Wildman–Crippen MR) is 96.7 cm³/mol. The van der Waals surface area contributed by atoms with Gasteiger partial charge in [-0.15, -0.1) is 0 Å². The zero-order chi connectivity index (χ0) is 17.6. The van der Waals surface area contributed by atoms with Gasteiger partial charge < -0.3 is 15.6 Å². The lowest BCUT2D eigenvalue weighted by molar-refractivity contribution is 0.130. The van der Waals surface area contributed by atoms with Crippen molar-refractivity contribution in [2.24, 2.45) is 0 Å².